The normalized spacial score (nSPS) is 21.6. The largest absolute Gasteiger partial charge is 0.316 e. The Labute approximate surface area is 96.4 Å². The lowest BCUT2D eigenvalue weighted by atomic mass is 9.93. The zero-order valence-corrected chi connectivity index (χ0v) is 10.1. The average molecular weight is 273 g/mol. The fourth-order valence-electron chi connectivity index (χ4n) is 1.86. The molecule has 1 aliphatic rings. The smallest absolute Gasteiger partial charge is 0.188 e. The van der Waals surface area contributed by atoms with Gasteiger partial charge in [-0.3, -0.25) is 4.79 Å². The van der Waals surface area contributed by atoms with E-state index in [1.54, 1.807) is 7.05 Å². The van der Waals surface area contributed by atoms with Crippen LogP contribution >= 0.6 is 15.9 Å². The van der Waals surface area contributed by atoms with E-state index in [0.29, 0.717) is 10.3 Å². The molecule has 0 spiro atoms. The van der Waals surface area contributed by atoms with Gasteiger partial charge in [-0.25, -0.2) is 4.68 Å². The van der Waals surface area contributed by atoms with Gasteiger partial charge in [0.2, 0.25) is 0 Å². The third-order valence-electron chi connectivity index (χ3n) is 2.69. The predicted octanol–water partition coefficient (Wildman–Crippen LogP) is 0.760. The van der Waals surface area contributed by atoms with Crippen LogP contribution in [-0.2, 0) is 7.05 Å². The highest BCUT2D eigenvalue weighted by molar-refractivity contribution is 9.10. The number of halogens is 1. The van der Waals surface area contributed by atoms with E-state index in [1.165, 1.54) is 4.68 Å². The predicted molar refractivity (Wildman–Crippen MR) is 58.6 cm³/mol. The lowest BCUT2D eigenvalue weighted by Crippen LogP contribution is -2.35. The lowest BCUT2D eigenvalue weighted by molar-refractivity contribution is 0.0889. The molecular formula is C9H13BrN4O. The number of piperidine rings is 1. The van der Waals surface area contributed by atoms with E-state index in [2.05, 4.69) is 31.6 Å². The van der Waals surface area contributed by atoms with Gasteiger partial charge < -0.3 is 5.32 Å². The third kappa shape index (κ3) is 2.10. The van der Waals surface area contributed by atoms with Crippen LogP contribution in [0, 0.1) is 5.92 Å². The Hall–Kier alpha value is -0.750. The van der Waals surface area contributed by atoms with Gasteiger partial charge in [0.1, 0.15) is 5.69 Å². The third-order valence-corrected chi connectivity index (χ3v) is 3.22. The van der Waals surface area contributed by atoms with Gasteiger partial charge in [0.05, 0.1) is 0 Å². The van der Waals surface area contributed by atoms with Gasteiger partial charge in [-0.15, -0.1) is 5.10 Å². The van der Waals surface area contributed by atoms with E-state index >= 15 is 0 Å². The number of hydrogen-bond acceptors (Lipinski definition) is 4. The lowest BCUT2D eigenvalue weighted by Gasteiger charge is -2.21. The second-order valence-electron chi connectivity index (χ2n) is 3.76. The van der Waals surface area contributed by atoms with E-state index in [1.807, 2.05) is 0 Å². The Morgan fingerprint density at radius 2 is 2.47 bits per heavy atom. The quantitative estimate of drug-likeness (QED) is 0.808. The summed E-state index contributed by atoms with van der Waals surface area (Å²) in [4.78, 5) is 12.1. The van der Waals surface area contributed by atoms with Crippen molar-refractivity contribution in [1.29, 1.82) is 0 Å². The van der Waals surface area contributed by atoms with Crippen LogP contribution in [0.15, 0.2) is 4.60 Å². The number of carbonyl (C=O) groups excluding carboxylic acids is 1. The number of nitrogens with one attached hydrogen (secondary N) is 1. The Bertz CT molecular complexity index is 351. The first kappa shape index (κ1) is 10.8. The number of aromatic nitrogens is 3. The van der Waals surface area contributed by atoms with Crippen molar-refractivity contribution in [1.82, 2.24) is 20.3 Å². The molecule has 1 unspecified atom stereocenters. The number of nitrogens with zero attached hydrogens (tertiary/aromatic N) is 3. The molecule has 5 nitrogen and oxygen atoms in total. The monoisotopic (exact) mass is 272 g/mol. The molecular weight excluding hydrogens is 260 g/mol. The van der Waals surface area contributed by atoms with Crippen molar-refractivity contribution < 1.29 is 4.79 Å². The van der Waals surface area contributed by atoms with Gasteiger partial charge in [0.15, 0.2) is 10.4 Å². The second-order valence-corrected chi connectivity index (χ2v) is 4.51. The number of aryl methyl sites for hydroxylation is 1. The summed E-state index contributed by atoms with van der Waals surface area (Å²) in [6.07, 6.45) is 2.00. The summed E-state index contributed by atoms with van der Waals surface area (Å²) in [5.41, 5.74) is 0.573. The summed E-state index contributed by atoms with van der Waals surface area (Å²) in [5.74, 6) is 0.189. The number of ketones is 1. The number of rotatable bonds is 2. The highest BCUT2D eigenvalue weighted by Gasteiger charge is 2.26. The van der Waals surface area contributed by atoms with Gasteiger partial charge in [0, 0.05) is 19.5 Å². The van der Waals surface area contributed by atoms with Crippen LogP contribution < -0.4 is 5.32 Å². The van der Waals surface area contributed by atoms with Crippen LogP contribution in [0.1, 0.15) is 23.3 Å². The summed E-state index contributed by atoms with van der Waals surface area (Å²) in [6, 6.07) is 0. The minimum atomic E-state index is 0.0623. The maximum atomic E-state index is 12.1. The van der Waals surface area contributed by atoms with E-state index < -0.39 is 0 Å². The topological polar surface area (TPSA) is 59.8 Å². The van der Waals surface area contributed by atoms with Crippen molar-refractivity contribution in [3.63, 3.8) is 0 Å². The highest BCUT2D eigenvalue weighted by atomic mass is 79.9. The second kappa shape index (κ2) is 4.40. The molecule has 6 heteroatoms. The summed E-state index contributed by atoms with van der Waals surface area (Å²) >= 11 is 3.25. The summed E-state index contributed by atoms with van der Waals surface area (Å²) in [6.45, 7) is 1.77. The van der Waals surface area contributed by atoms with E-state index in [-0.39, 0.29) is 11.7 Å². The molecule has 82 valence electrons. The highest BCUT2D eigenvalue weighted by Crippen LogP contribution is 2.20. The SMILES string of the molecule is Cn1nnc(Br)c1C(=O)C1CCCNC1. The average Bonchev–Trinajstić information content (AvgIpc) is 2.59. The van der Waals surface area contributed by atoms with Crippen molar-refractivity contribution >= 4 is 21.7 Å². The standard InChI is InChI=1S/C9H13BrN4O/c1-14-7(9(10)12-13-14)8(15)6-3-2-4-11-5-6/h6,11H,2-5H2,1H3. The van der Waals surface area contributed by atoms with Crippen molar-refractivity contribution in [2.24, 2.45) is 13.0 Å². The molecule has 1 atom stereocenters. The minimum absolute atomic E-state index is 0.0623. The van der Waals surface area contributed by atoms with Crippen LogP contribution in [0.3, 0.4) is 0 Å². The molecule has 1 aromatic rings. The van der Waals surface area contributed by atoms with Crippen molar-refractivity contribution in [2.75, 3.05) is 13.1 Å². The molecule has 0 bridgehead atoms. The van der Waals surface area contributed by atoms with Crippen molar-refractivity contribution in [3.05, 3.63) is 10.3 Å². The van der Waals surface area contributed by atoms with Gasteiger partial charge in [0.25, 0.3) is 0 Å². The van der Waals surface area contributed by atoms with Crippen LogP contribution in [0.2, 0.25) is 0 Å². The van der Waals surface area contributed by atoms with Gasteiger partial charge in [-0.2, -0.15) is 0 Å². The molecule has 0 radical (unpaired) electrons. The number of Topliss-reactive ketones (excluding diaryl/α,β-unsaturated/α-hetero) is 1. The Morgan fingerprint density at radius 1 is 1.67 bits per heavy atom. The summed E-state index contributed by atoms with van der Waals surface area (Å²) in [7, 11) is 1.74. The van der Waals surface area contributed by atoms with Crippen LogP contribution in [0.25, 0.3) is 0 Å². The molecule has 0 aliphatic carbocycles. The van der Waals surface area contributed by atoms with Crippen molar-refractivity contribution in [3.8, 4) is 0 Å². The van der Waals surface area contributed by atoms with E-state index in [9.17, 15) is 4.79 Å². The van der Waals surface area contributed by atoms with E-state index in [4.69, 9.17) is 0 Å². The fraction of sp³-hybridized carbons (Fsp3) is 0.667. The molecule has 0 saturated carbocycles. The molecule has 2 rings (SSSR count). The Kier molecular flexibility index (Phi) is 3.16. The van der Waals surface area contributed by atoms with E-state index in [0.717, 1.165) is 25.9 Å². The first-order chi connectivity index (χ1) is 7.20. The van der Waals surface area contributed by atoms with Crippen molar-refractivity contribution in [2.45, 2.75) is 12.8 Å². The van der Waals surface area contributed by atoms with Crippen LogP contribution in [-0.4, -0.2) is 33.9 Å². The Morgan fingerprint density at radius 3 is 3.00 bits per heavy atom. The first-order valence-electron chi connectivity index (χ1n) is 5.00. The zero-order chi connectivity index (χ0) is 10.8. The van der Waals surface area contributed by atoms with Gasteiger partial charge in [-0.1, -0.05) is 5.21 Å². The molecule has 1 fully saturated rings. The number of hydrogen-bond donors (Lipinski definition) is 1. The van der Waals surface area contributed by atoms with Gasteiger partial charge >= 0.3 is 0 Å². The zero-order valence-electron chi connectivity index (χ0n) is 8.53. The molecule has 1 aromatic heterocycles. The molecule has 2 heterocycles. The summed E-state index contributed by atoms with van der Waals surface area (Å²) < 4.78 is 2.07. The fourth-order valence-corrected chi connectivity index (χ4v) is 2.38. The maximum Gasteiger partial charge on any atom is 0.188 e. The molecule has 1 saturated heterocycles. The Balaban J connectivity index is 2.19. The molecule has 0 amide bonds. The van der Waals surface area contributed by atoms with Crippen LogP contribution in [0.5, 0.6) is 0 Å². The molecule has 1 N–H and O–H groups in total. The minimum Gasteiger partial charge on any atom is -0.316 e. The first-order valence-corrected chi connectivity index (χ1v) is 5.79. The van der Waals surface area contributed by atoms with Gasteiger partial charge in [-0.05, 0) is 35.3 Å². The molecule has 15 heavy (non-hydrogen) atoms. The maximum absolute atomic E-state index is 12.1. The molecule has 0 aromatic carbocycles. The molecule has 1 aliphatic heterocycles. The number of carbonyl (C=O) groups is 1. The van der Waals surface area contributed by atoms with Crippen LogP contribution in [0.4, 0.5) is 0 Å². The summed E-state index contributed by atoms with van der Waals surface area (Å²) in [5, 5.41) is 10.9.